The average Bonchev–Trinajstić information content (AvgIpc) is 3.59. The van der Waals surface area contributed by atoms with Crippen molar-refractivity contribution in [2.45, 2.75) is 57.8 Å². The van der Waals surface area contributed by atoms with Crippen molar-refractivity contribution in [2.75, 3.05) is 6.54 Å². The number of halogens is 2. The molecule has 3 aromatic rings. The van der Waals surface area contributed by atoms with Crippen LogP contribution in [0.15, 0.2) is 66.9 Å². The van der Waals surface area contributed by atoms with Crippen molar-refractivity contribution >= 4 is 36.8 Å². The molecule has 1 aromatic heterocycles. The smallest absolute Gasteiger partial charge is 0.340 e. The topological polar surface area (TPSA) is 120 Å². The number of likely N-dealkylation sites (tertiary alicyclic amines) is 1. The second-order valence-corrected chi connectivity index (χ2v) is 14.2. The summed E-state index contributed by atoms with van der Waals surface area (Å²) in [5.74, 6) is -0.737. The lowest BCUT2D eigenvalue weighted by Crippen LogP contribution is -2.54. The number of hydrogen-bond donors (Lipinski definition) is 3. The van der Waals surface area contributed by atoms with Crippen LogP contribution in [0.5, 0.6) is 0 Å². The fourth-order valence-electron chi connectivity index (χ4n) is 4.78. The number of alkyl halides is 2. The van der Waals surface area contributed by atoms with Crippen LogP contribution in [0.3, 0.4) is 0 Å². The van der Waals surface area contributed by atoms with Crippen LogP contribution in [0.2, 0.25) is 0 Å². The first-order valence-electron chi connectivity index (χ1n) is 13.5. The molecule has 2 heterocycles. The van der Waals surface area contributed by atoms with Crippen LogP contribution in [-0.4, -0.2) is 44.1 Å². The van der Waals surface area contributed by atoms with Crippen molar-refractivity contribution in [1.82, 2.24) is 15.2 Å². The summed E-state index contributed by atoms with van der Waals surface area (Å²) in [5.41, 5.74) is -4.20. The highest BCUT2D eigenvalue weighted by Gasteiger charge is 2.50. The summed E-state index contributed by atoms with van der Waals surface area (Å²) >= 11 is 1.59. The first kappa shape index (κ1) is 31.7. The van der Waals surface area contributed by atoms with Gasteiger partial charge in [0.05, 0.1) is 6.04 Å². The molecule has 12 heteroatoms. The van der Waals surface area contributed by atoms with Crippen LogP contribution in [0.4, 0.5) is 8.78 Å². The maximum absolute atomic E-state index is 13.9. The number of amides is 2. The molecule has 1 aliphatic rings. The standard InChI is InChI=1S/C30H34F2N3O5PS/c1-29(2,3)26(34-25(36)16-13-20-11-14-22(15-12-20)30(31,32)41(38,39)40)28(37)35-17-7-10-24(35)27-33-19-23(42-27)18-21-8-5-4-6-9-21/h4-6,8-9,11-16,19,24,26H,7,10,17-18H2,1-3H3,(H,34,36)(H2,38,39,40)/b16-13+. The molecule has 8 nitrogen and oxygen atoms in total. The van der Waals surface area contributed by atoms with E-state index in [4.69, 9.17) is 9.79 Å². The predicted octanol–water partition coefficient (Wildman–Crippen LogP) is 5.87. The van der Waals surface area contributed by atoms with Gasteiger partial charge in [-0.2, -0.15) is 8.78 Å². The minimum absolute atomic E-state index is 0.172. The molecular weight excluding hydrogens is 583 g/mol. The van der Waals surface area contributed by atoms with Crippen molar-refractivity contribution in [1.29, 1.82) is 0 Å². The van der Waals surface area contributed by atoms with Crippen LogP contribution in [0.1, 0.15) is 66.2 Å². The zero-order valence-corrected chi connectivity index (χ0v) is 25.2. The normalized spacial score (nSPS) is 17.0. The predicted molar refractivity (Wildman–Crippen MR) is 158 cm³/mol. The summed E-state index contributed by atoms with van der Waals surface area (Å²) in [4.78, 5) is 52.1. The van der Waals surface area contributed by atoms with Gasteiger partial charge in [-0.25, -0.2) is 4.98 Å². The highest BCUT2D eigenvalue weighted by molar-refractivity contribution is 7.52. The molecule has 0 radical (unpaired) electrons. The lowest BCUT2D eigenvalue weighted by Gasteiger charge is -2.35. The molecule has 42 heavy (non-hydrogen) atoms. The van der Waals surface area contributed by atoms with Gasteiger partial charge in [0.2, 0.25) is 11.8 Å². The number of rotatable bonds is 9. The van der Waals surface area contributed by atoms with Gasteiger partial charge in [-0.3, -0.25) is 14.2 Å². The molecule has 0 bridgehead atoms. The number of nitrogens with one attached hydrogen (secondary N) is 1. The van der Waals surface area contributed by atoms with Gasteiger partial charge in [-0.1, -0.05) is 75.4 Å². The van der Waals surface area contributed by atoms with E-state index in [1.165, 1.54) is 29.8 Å². The first-order chi connectivity index (χ1) is 19.7. The Balaban J connectivity index is 1.44. The van der Waals surface area contributed by atoms with Crippen LogP contribution < -0.4 is 5.32 Å². The van der Waals surface area contributed by atoms with Gasteiger partial charge in [0.15, 0.2) is 0 Å². The molecule has 1 fully saturated rings. The molecule has 1 aliphatic heterocycles. The number of nitrogens with zero attached hydrogens (tertiary/aromatic N) is 2. The van der Waals surface area contributed by atoms with E-state index in [0.29, 0.717) is 12.1 Å². The highest BCUT2D eigenvalue weighted by atomic mass is 32.1. The van der Waals surface area contributed by atoms with Crippen LogP contribution in [-0.2, 0) is 26.2 Å². The first-order valence-corrected chi connectivity index (χ1v) is 15.9. The molecule has 2 unspecified atom stereocenters. The Morgan fingerprint density at radius 1 is 1.14 bits per heavy atom. The van der Waals surface area contributed by atoms with Crippen molar-refractivity contribution in [2.24, 2.45) is 5.41 Å². The lowest BCUT2D eigenvalue weighted by atomic mass is 9.85. The van der Waals surface area contributed by atoms with Gasteiger partial charge in [0.1, 0.15) is 11.0 Å². The summed E-state index contributed by atoms with van der Waals surface area (Å²) in [6.45, 7) is 6.16. The minimum Gasteiger partial charge on any atom is -0.340 e. The fraction of sp³-hybridized carbons (Fsp3) is 0.367. The van der Waals surface area contributed by atoms with Crippen molar-refractivity contribution in [3.05, 3.63) is 93.4 Å². The Morgan fingerprint density at radius 3 is 2.43 bits per heavy atom. The van der Waals surface area contributed by atoms with Crippen molar-refractivity contribution < 1.29 is 32.7 Å². The van der Waals surface area contributed by atoms with Crippen LogP contribution in [0.25, 0.3) is 6.08 Å². The monoisotopic (exact) mass is 617 g/mol. The summed E-state index contributed by atoms with van der Waals surface area (Å²) in [5, 5.41) is 3.69. The SMILES string of the molecule is CC(C)(C)C(NC(=O)/C=C/c1ccc(C(F)(F)P(=O)(O)O)cc1)C(=O)N1CCCC1c1ncc(Cc2ccccc2)s1. The third-order valence-electron chi connectivity index (χ3n) is 7.06. The Labute approximate surface area is 247 Å². The fourth-order valence-corrected chi connectivity index (χ4v) is 6.37. The third kappa shape index (κ3) is 7.39. The molecule has 224 valence electrons. The van der Waals surface area contributed by atoms with Gasteiger partial charge in [-0.15, -0.1) is 11.3 Å². The molecule has 3 N–H and O–H groups in total. The number of carbonyl (C=O) groups is 2. The largest absolute Gasteiger partial charge is 0.399 e. The molecule has 2 amide bonds. The number of thiazole rings is 1. The van der Waals surface area contributed by atoms with E-state index < -0.39 is 36.2 Å². The second kappa shape index (κ2) is 12.6. The molecule has 1 saturated heterocycles. The van der Waals surface area contributed by atoms with Gasteiger partial charge in [0, 0.05) is 35.7 Å². The summed E-state index contributed by atoms with van der Waals surface area (Å²) in [6.07, 6.45) is 6.81. The summed E-state index contributed by atoms with van der Waals surface area (Å²) in [7, 11) is -5.68. The molecule has 2 aromatic carbocycles. The van der Waals surface area contributed by atoms with Crippen LogP contribution >= 0.6 is 18.9 Å². The zero-order chi connectivity index (χ0) is 30.7. The van der Waals surface area contributed by atoms with Crippen molar-refractivity contribution in [3.8, 4) is 0 Å². The Kier molecular flexibility index (Phi) is 9.47. The van der Waals surface area contributed by atoms with Gasteiger partial charge >= 0.3 is 13.3 Å². The van der Waals surface area contributed by atoms with Gasteiger partial charge < -0.3 is 20.0 Å². The average molecular weight is 618 g/mol. The number of carbonyl (C=O) groups excluding carboxylic acids is 2. The minimum atomic E-state index is -5.68. The van der Waals surface area contributed by atoms with E-state index in [2.05, 4.69) is 22.4 Å². The van der Waals surface area contributed by atoms with E-state index in [1.54, 1.807) is 16.2 Å². The summed E-state index contributed by atoms with van der Waals surface area (Å²) in [6, 6.07) is 13.3. The Morgan fingerprint density at radius 2 is 1.81 bits per heavy atom. The van der Waals surface area contributed by atoms with E-state index in [0.717, 1.165) is 41.3 Å². The molecule has 0 saturated carbocycles. The molecular formula is C30H34F2N3O5PS. The van der Waals surface area contributed by atoms with Crippen LogP contribution in [0, 0.1) is 5.41 Å². The quantitative estimate of drug-likeness (QED) is 0.204. The maximum atomic E-state index is 13.9. The molecule has 0 spiro atoms. The van der Waals surface area contributed by atoms with E-state index in [-0.39, 0.29) is 11.9 Å². The lowest BCUT2D eigenvalue weighted by molar-refractivity contribution is -0.139. The Hall–Kier alpha value is -3.24. The number of aromatic nitrogens is 1. The van der Waals surface area contributed by atoms with Gasteiger partial charge in [0.25, 0.3) is 0 Å². The van der Waals surface area contributed by atoms with Gasteiger partial charge in [-0.05, 0) is 35.5 Å². The van der Waals surface area contributed by atoms with E-state index in [1.807, 2.05) is 45.2 Å². The third-order valence-corrected chi connectivity index (χ3v) is 9.15. The number of hydrogen-bond acceptors (Lipinski definition) is 5. The number of benzene rings is 2. The van der Waals surface area contributed by atoms with Crippen molar-refractivity contribution in [3.63, 3.8) is 0 Å². The zero-order valence-electron chi connectivity index (χ0n) is 23.5. The summed E-state index contributed by atoms with van der Waals surface area (Å²) < 4.78 is 38.9. The van der Waals surface area contributed by atoms with E-state index >= 15 is 0 Å². The van der Waals surface area contributed by atoms with E-state index in [9.17, 15) is 22.9 Å². The Bertz CT molecular complexity index is 1480. The molecule has 4 rings (SSSR count). The molecule has 2 atom stereocenters. The second-order valence-electron chi connectivity index (χ2n) is 11.4. The maximum Gasteiger partial charge on any atom is 0.399 e. The molecule has 0 aliphatic carbocycles. The highest BCUT2D eigenvalue weighted by Crippen LogP contribution is 2.59.